The maximum absolute atomic E-state index is 13.6. The summed E-state index contributed by atoms with van der Waals surface area (Å²) in [6.45, 7) is 0. The number of carbonyl (C=O) groups excluding carboxylic acids is 2. The van der Waals surface area contributed by atoms with E-state index in [1.165, 1.54) is 18.2 Å². The van der Waals surface area contributed by atoms with Crippen molar-refractivity contribution in [3.63, 3.8) is 0 Å². The fourth-order valence-corrected chi connectivity index (χ4v) is 2.50. The van der Waals surface area contributed by atoms with Crippen LogP contribution in [0.3, 0.4) is 0 Å². The summed E-state index contributed by atoms with van der Waals surface area (Å²) >= 11 is 5.88. The van der Waals surface area contributed by atoms with Crippen LogP contribution in [0.2, 0.25) is 5.02 Å². The van der Waals surface area contributed by atoms with Gasteiger partial charge in [0.15, 0.2) is 0 Å². The van der Waals surface area contributed by atoms with E-state index in [2.05, 4.69) is 10.6 Å². The van der Waals surface area contributed by atoms with Crippen molar-refractivity contribution in [1.82, 2.24) is 0 Å². The Morgan fingerprint density at radius 2 is 1.38 bits per heavy atom. The first kappa shape index (κ1) is 17.6. The van der Waals surface area contributed by atoms with E-state index in [4.69, 9.17) is 11.6 Å². The third-order valence-electron chi connectivity index (χ3n) is 3.61. The lowest BCUT2D eigenvalue weighted by Gasteiger charge is -2.09. The van der Waals surface area contributed by atoms with Gasteiger partial charge in [0.2, 0.25) is 0 Å². The lowest BCUT2D eigenvalue weighted by molar-refractivity contribution is 0.101. The molecule has 2 N–H and O–H groups in total. The van der Waals surface area contributed by atoms with Crippen LogP contribution in [0, 0.1) is 5.82 Å². The van der Waals surface area contributed by atoms with Gasteiger partial charge in [-0.3, -0.25) is 9.59 Å². The topological polar surface area (TPSA) is 58.2 Å². The van der Waals surface area contributed by atoms with Crippen molar-refractivity contribution >= 4 is 34.8 Å². The zero-order valence-electron chi connectivity index (χ0n) is 13.5. The Bertz CT molecular complexity index is 958. The Morgan fingerprint density at radius 3 is 2.00 bits per heavy atom. The summed E-state index contributed by atoms with van der Waals surface area (Å²) in [7, 11) is 0. The summed E-state index contributed by atoms with van der Waals surface area (Å²) in [4.78, 5) is 24.3. The van der Waals surface area contributed by atoms with Gasteiger partial charge in [-0.05, 0) is 54.6 Å². The standard InChI is InChI=1S/C20H14ClFN2O2/c21-14-5-3-4-13(12-14)19(25)23-15-8-10-16(11-9-15)24-20(26)17-6-1-2-7-18(17)22/h1-12H,(H,23,25)(H,24,26). The largest absolute Gasteiger partial charge is 0.322 e. The van der Waals surface area contributed by atoms with E-state index >= 15 is 0 Å². The fourth-order valence-electron chi connectivity index (χ4n) is 2.31. The monoisotopic (exact) mass is 368 g/mol. The first-order valence-corrected chi connectivity index (χ1v) is 8.13. The van der Waals surface area contributed by atoms with E-state index in [1.54, 1.807) is 54.6 Å². The highest BCUT2D eigenvalue weighted by atomic mass is 35.5. The van der Waals surface area contributed by atoms with Crippen LogP contribution in [0.1, 0.15) is 20.7 Å². The Kier molecular flexibility index (Phi) is 5.29. The molecule has 0 unspecified atom stereocenters. The van der Waals surface area contributed by atoms with Crippen LogP contribution in [-0.4, -0.2) is 11.8 Å². The van der Waals surface area contributed by atoms with Gasteiger partial charge in [0.1, 0.15) is 5.82 Å². The van der Waals surface area contributed by atoms with Gasteiger partial charge in [-0.2, -0.15) is 0 Å². The summed E-state index contributed by atoms with van der Waals surface area (Å²) in [6.07, 6.45) is 0. The highest BCUT2D eigenvalue weighted by molar-refractivity contribution is 6.31. The third-order valence-corrected chi connectivity index (χ3v) is 3.84. The van der Waals surface area contributed by atoms with E-state index in [0.29, 0.717) is 22.0 Å². The van der Waals surface area contributed by atoms with Crippen LogP contribution < -0.4 is 10.6 Å². The maximum Gasteiger partial charge on any atom is 0.258 e. The number of anilines is 2. The normalized spacial score (nSPS) is 10.2. The molecule has 2 amide bonds. The quantitative estimate of drug-likeness (QED) is 0.682. The molecule has 4 nitrogen and oxygen atoms in total. The van der Waals surface area contributed by atoms with Crippen LogP contribution >= 0.6 is 11.6 Å². The van der Waals surface area contributed by atoms with Crippen molar-refractivity contribution in [1.29, 1.82) is 0 Å². The molecule has 0 aliphatic carbocycles. The van der Waals surface area contributed by atoms with Gasteiger partial charge in [-0.25, -0.2) is 4.39 Å². The Balaban J connectivity index is 1.66. The van der Waals surface area contributed by atoms with Gasteiger partial charge in [-0.15, -0.1) is 0 Å². The number of amides is 2. The highest BCUT2D eigenvalue weighted by Gasteiger charge is 2.11. The minimum absolute atomic E-state index is 0.0363. The average molecular weight is 369 g/mol. The predicted molar refractivity (Wildman–Crippen MR) is 100 cm³/mol. The third kappa shape index (κ3) is 4.26. The average Bonchev–Trinajstić information content (AvgIpc) is 2.63. The first-order chi connectivity index (χ1) is 12.5. The number of carbonyl (C=O) groups is 2. The van der Waals surface area contributed by atoms with E-state index in [-0.39, 0.29) is 11.5 Å². The summed E-state index contributed by atoms with van der Waals surface area (Å²) < 4.78 is 13.6. The molecule has 6 heteroatoms. The molecule has 130 valence electrons. The van der Waals surface area contributed by atoms with Gasteiger partial charge >= 0.3 is 0 Å². The van der Waals surface area contributed by atoms with E-state index < -0.39 is 11.7 Å². The molecule has 3 rings (SSSR count). The molecule has 0 atom stereocenters. The van der Waals surface area contributed by atoms with Crippen LogP contribution in [0.4, 0.5) is 15.8 Å². The van der Waals surface area contributed by atoms with Crippen LogP contribution in [-0.2, 0) is 0 Å². The van der Waals surface area contributed by atoms with Crippen molar-refractivity contribution < 1.29 is 14.0 Å². The second kappa shape index (κ2) is 7.80. The zero-order valence-corrected chi connectivity index (χ0v) is 14.3. The number of hydrogen-bond acceptors (Lipinski definition) is 2. The molecular weight excluding hydrogens is 355 g/mol. The molecule has 0 saturated heterocycles. The smallest absolute Gasteiger partial charge is 0.258 e. The maximum atomic E-state index is 13.6. The fraction of sp³-hybridized carbons (Fsp3) is 0. The molecular formula is C20H14ClFN2O2. The van der Waals surface area contributed by atoms with Crippen molar-refractivity contribution in [2.24, 2.45) is 0 Å². The van der Waals surface area contributed by atoms with Gasteiger partial charge in [0.05, 0.1) is 5.56 Å². The van der Waals surface area contributed by atoms with Gasteiger partial charge in [0, 0.05) is 22.0 Å². The molecule has 0 heterocycles. The Labute approximate surface area is 154 Å². The molecule has 0 aliphatic heterocycles. The summed E-state index contributed by atoms with van der Waals surface area (Å²) in [5.41, 5.74) is 1.44. The minimum atomic E-state index is -0.588. The van der Waals surface area contributed by atoms with Crippen LogP contribution in [0.5, 0.6) is 0 Å². The van der Waals surface area contributed by atoms with Crippen molar-refractivity contribution in [3.05, 3.63) is 94.8 Å². The predicted octanol–water partition coefficient (Wildman–Crippen LogP) is 4.98. The number of halogens is 2. The molecule has 3 aromatic carbocycles. The van der Waals surface area contributed by atoms with E-state index in [1.807, 2.05) is 0 Å². The molecule has 0 radical (unpaired) electrons. The van der Waals surface area contributed by atoms with Crippen LogP contribution in [0.15, 0.2) is 72.8 Å². The van der Waals surface area contributed by atoms with Gasteiger partial charge in [-0.1, -0.05) is 29.8 Å². The molecule has 0 saturated carbocycles. The van der Waals surface area contributed by atoms with Crippen molar-refractivity contribution in [3.8, 4) is 0 Å². The molecule has 0 fully saturated rings. The molecule has 0 aromatic heterocycles. The Morgan fingerprint density at radius 1 is 0.769 bits per heavy atom. The molecule has 0 bridgehead atoms. The van der Waals surface area contributed by atoms with Crippen molar-refractivity contribution in [2.45, 2.75) is 0 Å². The first-order valence-electron chi connectivity index (χ1n) is 7.76. The Hall–Kier alpha value is -3.18. The number of hydrogen-bond donors (Lipinski definition) is 2. The molecule has 0 aliphatic rings. The molecule has 26 heavy (non-hydrogen) atoms. The van der Waals surface area contributed by atoms with Crippen LogP contribution in [0.25, 0.3) is 0 Å². The summed E-state index contributed by atoms with van der Waals surface area (Å²) in [5.74, 6) is -1.43. The molecule has 3 aromatic rings. The second-order valence-electron chi connectivity index (χ2n) is 5.48. The van der Waals surface area contributed by atoms with Gasteiger partial charge in [0.25, 0.3) is 11.8 Å². The summed E-state index contributed by atoms with van der Waals surface area (Å²) in [5, 5.41) is 5.82. The van der Waals surface area contributed by atoms with Gasteiger partial charge < -0.3 is 10.6 Å². The van der Waals surface area contributed by atoms with E-state index in [0.717, 1.165) is 0 Å². The summed E-state index contributed by atoms with van der Waals surface area (Å²) in [6, 6.07) is 18.9. The zero-order chi connectivity index (χ0) is 18.5. The lowest BCUT2D eigenvalue weighted by atomic mass is 10.2. The van der Waals surface area contributed by atoms with Crippen molar-refractivity contribution in [2.75, 3.05) is 10.6 Å². The number of rotatable bonds is 4. The lowest BCUT2D eigenvalue weighted by Crippen LogP contribution is -2.14. The highest BCUT2D eigenvalue weighted by Crippen LogP contribution is 2.17. The molecule has 0 spiro atoms. The van der Waals surface area contributed by atoms with E-state index in [9.17, 15) is 14.0 Å². The number of nitrogens with one attached hydrogen (secondary N) is 2. The second-order valence-corrected chi connectivity index (χ2v) is 5.91. The number of benzene rings is 3. The minimum Gasteiger partial charge on any atom is -0.322 e. The SMILES string of the molecule is O=C(Nc1ccc(NC(=O)c2ccccc2F)cc1)c1cccc(Cl)c1.